The fraction of sp³-hybridized carbons (Fsp3) is 0.480. The van der Waals surface area contributed by atoms with Crippen molar-refractivity contribution in [1.82, 2.24) is 4.98 Å². The molecule has 0 saturated carbocycles. The first-order valence-electron chi connectivity index (χ1n) is 11.0. The summed E-state index contributed by atoms with van der Waals surface area (Å²) >= 11 is 0. The van der Waals surface area contributed by atoms with E-state index in [2.05, 4.69) is 47.3 Å². The molecular weight excluding hydrogens is 390 g/mol. The molecule has 3 aromatic rings. The van der Waals surface area contributed by atoms with E-state index in [1.807, 2.05) is 36.4 Å². The van der Waals surface area contributed by atoms with Crippen LogP contribution in [0.15, 0.2) is 41.2 Å². The second-order valence-corrected chi connectivity index (χ2v) is 10.3. The number of H-pyrrole nitrogens is 1. The summed E-state index contributed by atoms with van der Waals surface area (Å²) in [6, 6.07) is 11.4. The zero-order valence-corrected chi connectivity index (χ0v) is 19.8. The van der Waals surface area contributed by atoms with Gasteiger partial charge in [0, 0.05) is 23.6 Å². The summed E-state index contributed by atoms with van der Waals surface area (Å²) < 4.78 is 13.6. The highest BCUT2D eigenvalue weighted by molar-refractivity contribution is 5.93. The molecule has 31 heavy (non-hydrogen) atoms. The summed E-state index contributed by atoms with van der Waals surface area (Å²) in [7, 11) is 13.0. The third kappa shape index (κ3) is 6.71. The average Bonchev–Trinajstić information content (AvgIpc) is 2.68. The van der Waals surface area contributed by atoms with Crippen molar-refractivity contribution in [2.24, 2.45) is 0 Å². The van der Waals surface area contributed by atoms with Crippen LogP contribution in [0.5, 0.6) is 11.5 Å². The Balaban J connectivity index is 1.76. The fourth-order valence-corrected chi connectivity index (χ4v) is 3.57. The van der Waals surface area contributed by atoms with Crippen LogP contribution in [0.4, 0.5) is 0 Å². The molecule has 0 aliphatic heterocycles. The summed E-state index contributed by atoms with van der Waals surface area (Å²) in [5.41, 5.74) is 1.62. The van der Waals surface area contributed by atoms with Gasteiger partial charge in [-0.2, -0.15) is 0 Å². The number of quaternary nitrogens is 2. The lowest BCUT2D eigenvalue weighted by molar-refractivity contribution is -0.870. The first kappa shape index (κ1) is 23.1. The Morgan fingerprint density at radius 1 is 0.710 bits per heavy atom. The van der Waals surface area contributed by atoms with Crippen LogP contribution in [0.3, 0.4) is 0 Å². The smallest absolute Gasteiger partial charge is 0.197 e. The Morgan fingerprint density at radius 2 is 1.13 bits per heavy atom. The van der Waals surface area contributed by atoms with Crippen molar-refractivity contribution >= 4 is 21.8 Å². The largest absolute Gasteiger partial charge is 0.493 e. The summed E-state index contributed by atoms with van der Waals surface area (Å²) in [6.07, 6.45) is 1.93. The molecular formula is C25H37N3O3+2. The predicted octanol–water partition coefficient (Wildman–Crippen LogP) is 3.63. The van der Waals surface area contributed by atoms with Gasteiger partial charge in [0.25, 0.3) is 0 Å². The zero-order chi connectivity index (χ0) is 22.6. The van der Waals surface area contributed by atoms with E-state index in [9.17, 15) is 4.79 Å². The number of hydrogen-bond donors (Lipinski definition) is 1. The number of hydrogen-bond acceptors (Lipinski definition) is 3. The van der Waals surface area contributed by atoms with Crippen LogP contribution < -0.4 is 14.9 Å². The third-order valence-corrected chi connectivity index (χ3v) is 5.22. The molecule has 0 radical (unpaired) electrons. The maximum atomic E-state index is 13.2. The molecule has 0 aliphatic rings. The Kier molecular flexibility index (Phi) is 6.92. The first-order valence-corrected chi connectivity index (χ1v) is 11.0. The van der Waals surface area contributed by atoms with Crippen LogP contribution in [-0.2, 0) is 0 Å². The fourth-order valence-electron chi connectivity index (χ4n) is 3.57. The number of fused-ring (bicyclic) bond motifs is 2. The van der Waals surface area contributed by atoms with Crippen molar-refractivity contribution in [2.45, 2.75) is 12.8 Å². The van der Waals surface area contributed by atoms with E-state index in [4.69, 9.17) is 9.47 Å². The SMILES string of the molecule is C[N+](C)(C)CCCOc1ccc2[nH]c3ccc(OCCC[N+](C)(C)C)cc3c(=O)c2c1. The van der Waals surface area contributed by atoms with Crippen LogP contribution in [0, 0.1) is 0 Å². The van der Waals surface area contributed by atoms with E-state index in [1.54, 1.807) is 0 Å². The van der Waals surface area contributed by atoms with E-state index >= 15 is 0 Å². The summed E-state index contributed by atoms with van der Waals surface area (Å²) in [4.78, 5) is 16.5. The molecule has 1 N–H and O–H groups in total. The first-order chi connectivity index (χ1) is 14.5. The van der Waals surface area contributed by atoms with Gasteiger partial charge in [-0.25, -0.2) is 0 Å². The molecule has 0 bridgehead atoms. The summed E-state index contributed by atoms with van der Waals surface area (Å²) in [6.45, 7) is 3.35. The highest BCUT2D eigenvalue weighted by atomic mass is 16.5. The third-order valence-electron chi connectivity index (χ3n) is 5.22. The van der Waals surface area contributed by atoms with Crippen molar-refractivity contribution in [3.8, 4) is 11.5 Å². The van der Waals surface area contributed by atoms with E-state index in [0.717, 1.165) is 57.4 Å². The number of nitrogens with one attached hydrogen (secondary N) is 1. The molecule has 0 saturated heterocycles. The minimum Gasteiger partial charge on any atom is -0.493 e. The number of aromatic nitrogens is 1. The molecule has 0 atom stereocenters. The Hall–Kier alpha value is -2.57. The maximum Gasteiger partial charge on any atom is 0.197 e. The van der Waals surface area contributed by atoms with E-state index in [0.29, 0.717) is 24.0 Å². The van der Waals surface area contributed by atoms with Gasteiger partial charge in [0.05, 0.1) is 79.6 Å². The van der Waals surface area contributed by atoms with E-state index in [-0.39, 0.29) is 5.43 Å². The number of pyridine rings is 1. The maximum absolute atomic E-state index is 13.2. The zero-order valence-electron chi connectivity index (χ0n) is 19.8. The van der Waals surface area contributed by atoms with Gasteiger partial charge in [-0.3, -0.25) is 4.79 Å². The standard InChI is InChI=1S/C25H36N3O3/c1-27(2,3)13-7-15-30-19-9-11-23-21(17-19)25(29)22-18-20(10-12-24(22)26-23)31-16-8-14-28(4,5)6/h9-12,17-18H,7-8,13-16H2,1-6H3/q+1/p+1. The van der Waals surface area contributed by atoms with Crippen LogP contribution in [0.25, 0.3) is 21.8 Å². The number of rotatable bonds is 10. The highest BCUT2D eigenvalue weighted by Crippen LogP contribution is 2.23. The van der Waals surface area contributed by atoms with Crippen molar-refractivity contribution in [3.05, 3.63) is 46.6 Å². The van der Waals surface area contributed by atoms with Crippen LogP contribution in [0.2, 0.25) is 0 Å². The average molecular weight is 428 g/mol. The Bertz CT molecular complexity index is 1010. The van der Waals surface area contributed by atoms with E-state index < -0.39 is 0 Å². The molecule has 2 aromatic carbocycles. The van der Waals surface area contributed by atoms with Gasteiger partial charge in [0.15, 0.2) is 5.43 Å². The molecule has 168 valence electrons. The molecule has 6 heteroatoms. The molecule has 3 rings (SSSR count). The summed E-state index contributed by atoms with van der Waals surface area (Å²) in [5, 5.41) is 1.28. The molecule has 0 aliphatic carbocycles. The predicted molar refractivity (Wildman–Crippen MR) is 128 cm³/mol. The van der Waals surface area contributed by atoms with Gasteiger partial charge in [-0.1, -0.05) is 0 Å². The van der Waals surface area contributed by atoms with Gasteiger partial charge < -0.3 is 23.4 Å². The van der Waals surface area contributed by atoms with E-state index in [1.165, 1.54) is 0 Å². The number of benzene rings is 2. The molecule has 6 nitrogen and oxygen atoms in total. The van der Waals surface area contributed by atoms with Gasteiger partial charge in [-0.15, -0.1) is 0 Å². The normalized spacial score (nSPS) is 12.5. The molecule has 1 heterocycles. The molecule has 1 aromatic heterocycles. The lowest BCUT2D eigenvalue weighted by atomic mass is 10.1. The number of nitrogens with zero attached hydrogens (tertiary/aromatic N) is 2. The van der Waals surface area contributed by atoms with Gasteiger partial charge in [0.1, 0.15) is 11.5 Å². The monoisotopic (exact) mass is 427 g/mol. The van der Waals surface area contributed by atoms with Crippen LogP contribution in [0.1, 0.15) is 12.8 Å². The van der Waals surface area contributed by atoms with Crippen molar-refractivity contribution in [2.75, 3.05) is 68.6 Å². The summed E-state index contributed by atoms with van der Waals surface area (Å²) in [5.74, 6) is 1.46. The number of ether oxygens (including phenoxy) is 2. The highest BCUT2D eigenvalue weighted by Gasteiger charge is 2.10. The number of aromatic amines is 1. The van der Waals surface area contributed by atoms with Gasteiger partial charge in [0.2, 0.25) is 0 Å². The molecule has 0 spiro atoms. The minimum absolute atomic E-state index is 0.00244. The van der Waals surface area contributed by atoms with Crippen molar-refractivity contribution < 1.29 is 18.4 Å². The second-order valence-electron chi connectivity index (χ2n) is 10.3. The molecule has 0 amide bonds. The second kappa shape index (κ2) is 9.28. The van der Waals surface area contributed by atoms with Gasteiger partial charge in [-0.05, 0) is 36.4 Å². The van der Waals surface area contributed by atoms with Crippen LogP contribution >= 0.6 is 0 Å². The molecule has 0 fully saturated rings. The topological polar surface area (TPSA) is 51.3 Å². The molecule has 0 unspecified atom stereocenters. The van der Waals surface area contributed by atoms with Crippen molar-refractivity contribution in [3.63, 3.8) is 0 Å². The Labute approximate surface area is 185 Å². The quantitative estimate of drug-likeness (QED) is 0.305. The van der Waals surface area contributed by atoms with Crippen molar-refractivity contribution in [1.29, 1.82) is 0 Å². The van der Waals surface area contributed by atoms with Crippen LogP contribution in [-0.4, -0.2) is 82.5 Å². The Morgan fingerprint density at radius 3 is 1.52 bits per heavy atom. The minimum atomic E-state index is -0.00244. The lowest BCUT2D eigenvalue weighted by Crippen LogP contribution is -2.36. The van der Waals surface area contributed by atoms with Gasteiger partial charge >= 0.3 is 0 Å². The lowest BCUT2D eigenvalue weighted by Gasteiger charge is -2.23.